The lowest BCUT2D eigenvalue weighted by atomic mass is 10.2. The molecule has 1 aromatic carbocycles. The van der Waals surface area contributed by atoms with Gasteiger partial charge >= 0.3 is 0 Å². The predicted octanol–water partition coefficient (Wildman–Crippen LogP) is 1.76. The van der Waals surface area contributed by atoms with E-state index in [1.807, 2.05) is 37.6 Å². The van der Waals surface area contributed by atoms with Crippen LogP contribution in [0.5, 0.6) is 0 Å². The highest BCUT2D eigenvalue weighted by Gasteiger charge is 2.05. The fourth-order valence-corrected chi connectivity index (χ4v) is 1.62. The fourth-order valence-electron chi connectivity index (χ4n) is 1.62. The van der Waals surface area contributed by atoms with Crippen LogP contribution in [0.2, 0.25) is 0 Å². The molecule has 3 heteroatoms. The maximum Gasteiger partial charge on any atom is 0.0994 e. The Bertz CT molecular complexity index is 417. The number of hydrogen-bond acceptors (Lipinski definition) is 2. The van der Waals surface area contributed by atoms with Crippen LogP contribution in [0.4, 0.5) is 0 Å². The summed E-state index contributed by atoms with van der Waals surface area (Å²) in [5.74, 6) is 0. The second kappa shape index (κ2) is 4.28. The molecule has 3 nitrogen and oxygen atoms in total. The molecule has 2 aromatic rings. The lowest BCUT2D eigenvalue weighted by molar-refractivity contribution is 0.709. The van der Waals surface area contributed by atoms with Crippen molar-refractivity contribution >= 4 is 0 Å². The van der Waals surface area contributed by atoms with Gasteiger partial charge in [0.1, 0.15) is 0 Å². The standard InChI is InChI=1S/C12H15N3/c1-10(13)7-12-8-14-9-15(12)11-5-3-2-4-6-11/h2-6,8-10H,7,13H2,1H3. The molecule has 1 unspecified atom stereocenters. The molecule has 1 atom stereocenters. The predicted molar refractivity (Wildman–Crippen MR) is 60.9 cm³/mol. The zero-order valence-corrected chi connectivity index (χ0v) is 8.80. The molecule has 0 saturated carbocycles. The Balaban J connectivity index is 2.33. The minimum Gasteiger partial charge on any atom is -0.328 e. The van der Waals surface area contributed by atoms with Crippen LogP contribution in [0, 0.1) is 0 Å². The van der Waals surface area contributed by atoms with Gasteiger partial charge in [-0.1, -0.05) is 18.2 Å². The molecule has 78 valence electrons. The summed E-state index contributed by atoms with van der Waals surface area (Å²) in [6, 6.07) is 10.3. The number of hydrogen-bond donors (Lipinski definition) is 1. The normalized spacial score (nSPS) is 12.7. The average molecular weight is 201 g/mol. The first-order valence-corrected chi connectivity index (χ1v) is 5.09. The highest BCUT2D eigenvalue weighted by atomic mass is 15.0. The molecule has 0 saturated heterocycles. The second-order valence-electron chi connectivity index (χ2n) is 3.77. The SMILES string of the molecule is CC(N)Cc1cncn1-c1ccccc1. The Labute approximate surface area is 89.6 Å². The Morgan fingerprint density at radius 2 is 2.07 bits per heavy atom. The Morgan fingerprint density at radius 1 is 1.33 bits per heavy atom. The summed E-state index contributed by atoms with van der Waals surface area (Å²) in [4.78, 5) is 4.16. The summed E-state index contributed by atoms with van der Waals surface area (Å²) < 4.78 is 2.07. The van der Waals surface area contributed by atoms with Gasteiger partial charge < -0.3 is 10.3 Å². The van der Waals surface area contributed by atoms with Crippen molar-refractivity contribution in [3.05, 3.63) is 48.5 Å². The zero-order valence-electron chi connectivity index (χ0n) is 8.80. The van der Waals surface area contributed by atoms with Crippen LogP contribution in [-0.4, -0.2) is 15.6 Å². The number of imidazole rings is 1. The quantitative estimate of drug-likeness (QED) is 0.822. The molecule has 0 aliphatic rings. The lowest BCUT2D eigenvalue weighted by Gasteiger charge is -2.09. The van der Waals surface area contributed by atoms with Gasteiger partial charge in [-0.2, -0.15) is 0 Å². The van der Waals surface area contributed by atoms with Crippen molar-refractivity contribution in [1.29, 1.82) is 0 Å². The molecule has 15 heavy (non-hydrogen) atoms. The van der Waals surface area contributed by atoms with E-state index in [9.17, 15) is 0 Å². The molecular weight excluding hydrogens is 186 g/mol. The van der Waals surface area contributed by atoms with Crippen molar-refractivity contribution in [2.45, 2.75) is 19.4 Å². The van der Waals surface area contributed by atoms with Crippen molar-refractivity contribution < 1.29 is 0 Å². The molecule has 0 spiro atoms. The third kappa shape index (κ3) is 2.25. The number of nitrogens with zero attached hydrogens (tertiary/aromatic N) is 2. The smallest absolute Gasteiger partial charge is 0.0994 e. The Morgan fingerprint density at radius 3 is 2.73 bits per heavy atom. The highest BCUT2D eigenvalue weighted by molar-refractivity contribution is 5.33. The minimum atomic E-state index is 0.157. The van der Waals surface area contributed by atoms with Gasteiger partial charge in [0.15, 0.2) is 0 Å². The molecule has 2 rings (SSSR count). The molecule has 2 N–H and O–H groups in total. The van der Waals surface area contributed by atoms with Crippen LogP contribution < -0.4 is 5.73 Å². The average Bonchev–Trinajstić information content (AvgIpc) is 2.66. The van der Waals surface area contributed by atoms with Crippen molar-refractivity contribution in [2.24, 2.45) is 5.73 Å². The lowest BCUT2D eigenvalue weighted by Crippen LogP contribution is -2.19. The molecule has 0 amide bonds. The fraction of sp³-hybridized carbons (Fsp3) is 0.250. The van der Waals surface area contributed by atoms with E-state index in [0.717, 1.165) is 17.8 Å². The van der Waals surface area contributed by atoms with Crippen LogP contribution in [0.25, 0.3) is 5.69 Å². The van der Waals surface area contributed by atoms with E-state index >= 15 is 0 Å². The van der Waals surface area contributed by atoms with Crippen molar-refractivity contribution in [3.63, 3.8) is 0 Å². The van der Waals surface area contributed by atoms with E-state index in [-0.39, 0.29) is 6.04 Å². The number of aromatic nitrogens is 2. The van der Waals surface area contributed by atoms with Crippen molar-refractivity contribution in [2.75, 3.05) is 0 Å². The Kier molecular flexibility index (Phi) is 2.83. The molecular formula is C12H15N3. The van der Waals surface area contributed by atoms with Crippen LogP contribution in [0.1, 0.15) is 12.6 Å². The molecule has 0 fully saturated rings. The summed E-state index contributed by atoms with van der Waals surface area (Å²) in [6.07, 6.45) is 4.54. The summed E-state index contributed by atoms with van der Waals surface area (Å²) in [5, 5.41) is 0. The van der Waals surface area contributed by atoms with E-state index in [0.29, 0.717) is 0 Å². The van der Waals surface area contributed by atoms with Crippen molar-refractivity contribution in [3.8, 4) is 5.69 Å². The van der Waals surface area contributed by atoms with Crippen LogP contribution >= 0.6 is 0 Å². The van der Waals surface area contributed by atoms with Crippen LogP contribution in [0.15, 0.2) is 42.9 Å². The number of para-hydroxylation sites is 1. The Hall–Kier alpha value is -1.61. The molecule has 0 aliphatic carbocycles. The van der Waals surface area contributed by atoms with Crippen LogP contribution in [0.3, 0.4) is 0 Å². The van der Waals surface area contributed by atoms with E-state index in [1.54, 1.807) is 0 Å². The largest absolute Gasteiger partial charge is 0.328 e. The first-order chi connectivity index (χ1) is 7.27. The van der Waals surface area contributed by atoms with E-state index < -0.39 is 0 Å². The number of nitrogens with two attached hydrogens (primary N) is 1. The summed E-state index contributed by atoms with van der Waals surface area (Å²) in [6.45, 7) is 2.00. The zero-order chi connectivity index (χ0) is 10.7. The number of rotatable bonds is 3. The summed E-state index contributed by atoms with van der Waals surface area (Å²) in [7, 11) is 0. The first-order valence-electron chi connectivity index (χ1n) is 5.09. The molecule has 0 aliphatic heterocycles. The molecule has 1 heterocycles. The van der Waals surface area contributed by atoms with E-state index in [1.165, 1.54) is 0 Å². The topological polar surface area (TPSA) is 43.8 Å². The minimum absolute atomic E-state index is 0.157. The third-order valence-corrected chi connectivity index (χ3v) is 2.28. The van der Waals surface area contributed by atoms with Gasteiger partial charge in [0, 0.05) is 30.0 Å². The maximum absolute atomic E-state index is 5.79. The van der Waals surface area contributed by atoms with Gasteiger partial charge in [-0.3, -0.25) is 0 Å². The maximum atomic E-state index is 5.79. The van der Waals surface area contributed by atoms with Gasteiger partial charge in [-0.15, -0.1) is 0 Å². The van der Waals surface area contributed by atoms with Gasteiger partial charge in [-0.05, 0) is 19.1 Å². The van der Waals surface area contributed by atoms with Gasteiger partial charge in [-0.25, -0.2) is 4.98 Å². The third-order valence-electron chi connectivity index (χ3n) is 2.28. The molecule has 0 radical (unpaired) electrons. The van der Waals surface area contributed by atoms with Gasteiger partial charge in [0.25, 0.3) is 0 Å². The molecule has 1 aromatic heterocycles. The number of benzene rings is 1. The van der Waals surface area contributed by atoms with Gasteiger partial charge in [0.05, 0.1) is 6.33 Å². The monoisotopic (exact) mass is 201 g/mol. The first kappa shape index (κ1) is 9.93. The second-order valence-corrected chi connectivity index (χ2v) is 3.77. The van der Waals surface area contributed by atoms with Crippen LogP contribution in [-0.2, 0) is 6.42 Å². The molecule has 0 bridgehead atoms. The summed E-state index contributed by atoms with van der Waals surface area (Å²) >= 11 is 0. The highest BCUT2D eigenvalue weighted by Crippen LogP contribution is 2.11. The van der Waals surface area contributed by atoms with Gasteiger partial charge in [0.2, 0.25) is 0 Å². The summed E-state index contributed by atoms with van der Waals surface area (Å²) in [5.41, 5.74) is 8.07. The van der Waals surface area contributed by atoms with E-state index in [2.05, 4.69) is 21.7 Å². The van der Waals surface area contributed by atoms with E-state index in [4.69, 9.17) is 5.73 Å². The van der Waals surface area contributed by atoms with Crippen molar-refractivity contribution in [1.82, 2.24) is 9.55 Å².